The van der Waals surface area contributed by atoms with Crippen LogP contribution in [0, 0.1) is 6.92 Å². The van der Waals surface area contributed by atoms with Gasteiger partial charge in [0.25, 0.3) is 0 Å². The molecule has 1 N–H and O–H groups in total. The van der Waals surface area contributed by atoms with E-state index < -0.39 is 0 Å². The maximum Gasteiger partial charge on any atom is 0.0940 e. The van der Waals surface area contributed by atoms with Gasteiger partial charge < -0.3 is 5.32 Å². The van der Waals surface area contributed by atoms with Crippen LogP contribution in [0.15, 0.2) is 5.38 Å². The van der Waals surface area contributed by atoms with Crippen molar-refractivity contribution in [1.29, 1.82) is 0 Å². The number of aryl methyl sites for hydroxylation is 1. The molecule has 1 aromatic heterocycles. The lowest BCUT2D eigenvalue weighted by Gasteiger charge is -2.15. The van der Waals surface area contributed by atoms with Gasteiger partial charge in [0.1, 0.15) is 0 Å². The highest BCUT2D eigenvalue weighted by atomic mass is 32.1. The van der Waals surface area contributed by atoms with Gasteiger partial charge in [-0.2, -0.15) is 0 Å². The van der Waals surface area contributed by atoms with Gasteiger partial charge in [-0.15, -0.1) is 11.3 Å². The molecule has 0 saturated carbocycles. The largest absolute Gasteiger partial charge is 0.314 e. The molecule has 0 aromatic carbocycles. The van der Waals surface area contributed by atoms with Gasteiger partial charge in [0, 0.05) is 30.1 Å². The Balaban J connectivity index is 2.20. The standard InChI is InChI=1S/C12H22N2S/c1-4-6-11(5-2)13-8-7-12-14-10(3)9-15-12/h9,11,13H,4-8H2,1-3H3. The molecule has 0 radical (unpaired) electrons. The molecule has 1 heterocycles. The molecule has 0 fully saturated rings. The van der Waals surface area contributed by atoms with Crippen LogP contribution in [0.25, 0.3) is 0 Å². The van der Waals surface area contributed by atoms with Crippen LogP contribution in [0.1, 0.15) is 43.8 Å². The maximum absolute atomic E-state index is 4.46. The third-order valence-corrected chi connectivity index (χ3v) is 3.59. The normalized spacial score (nSPS) is 13.0. The summed E-state index contributed by atoms with van der Waals surface area (Å²) < 4.78 is 0. The fourth-order valence-electron chi connectivity index (χ4n) is 1.70. The Morgan fingerprint density at radius 3 is 2.80 bits per heavy atom. The summed E-state index contributed by atoms with van der Waals surface area (Å²) in [5, 5.41) is 6.97. The van der Waals surface area contributed by atoms with Gasteiger partial charge >= 0.3 is 0 Å². The molecule has 0 spiro atoms. The van der Waals surface area contributed by atoms with Crippen LogP contribution < -0.4 is 5.32 Å². The van der Waals surface area contributed by atoms with Crippen LogP contribution in [-0.4, -0.2) is 17.6 Å². The minimum atomic E-state index is 0.691. The second kappa shape index (κ2) is 6.96. The van der Waals surface area contributed by atoms with E-state index in [9.17, 15) is 0 Å². The van der Waals surface area contributed by atoms with E-state index in [0.717, 1.165) is 18.7 Å². The van der Waals surface area contributed by atoms with E-state index in [1.807, 2.05) is 0 Å². The number of rotatable bonds is 7. The minimum Gasteiger partial charge on any atom is -0.314 e. The first kappa shape index (κ1) is 12.7. The first-order chi connectivity index (χ1) is 7.26. The molecule has 1 rings (SSSR count). The number of hydrogen-bond acceptors (Lipinski definition) is 3. The van der Waals surface area contributed by atoms with E-state index in [2.05, 4.69) is 36.5 Å². The monoisotopic (exact) mass is 226 g/mol. The van der Waals surface area contributed by atoms with Crippen LogP contribution in [0.4, 0.5) is 0 Å². The Hall–Kier alpha value is -0.410. The van der Waals surface area contributed by atoms with Crippen LogP contribution >= 0.6 is 11.3 Å². The van der Waals surface area contributed by atoms with E-state index in [1.165, 1.54) is 24.3 Å². The summed E-state index contributed by atoms with van der Waals surface area (Å²) in [5.41, 5.74) is 1.15. The minimum absolute atomic E-state index is 0.691. The molecule has 0 aliphatic carbocycles. The lowest BCUT2D eigenvalue weighted by Crippen LogP contribution is -2.30. The number of nitrogens with zero attached hydrogens (tertiary/aromatic N) is 1. The van der Waals surface area contributed by atoms with Crippen LogP contribution in [0.5, 0.6) is 0 Å². The predicted molar refractivity (Wildman–Crippen MR) is 67.5 cm³/mol. The summed E-state index contributed by atoms with van der Waals surface area (Å²) in [6.45, 7) is 7.61. The Morgan fingerprint density at radius 1 is 1.47 bits per heavy atom. The first-order valence-corrected chi connectivity index (χ1v) is 6.78. The zero-order chi connectivity index (χ0) is 11.1. The molecule has 1 unspecified atom stereocenters. The van der Waals surface area contributed by atoms with Crippen molar-refractivity contribution >= 4 is 11.3 Å². The van der Waals surface area contributed by atoms with Gasteiger partial charge in [-0.1, -0.05) is 20.3 Å². The van der Waals surface area contributed by atoms with Crippen molar-refractivity contribution in [2.24, 2.45) is 0 Å². The molecule has 0 amide bonds. The summed E-state index contributed by atoms with van der Waals surface area (Å²) in [7, 11) is 0. The molecule has 86 valence electrons. The molecular formula is C12H22N2S. The second-order valence-electron chi connectivity index (χ2n) is 3.98. The van der Waals surface area contributed by atoms with Gasteiger partial charge in [-0.05, 0) is 19.8 Å². The lowest BCUT2D eigenvalue weighted by molar-refractivity contribution is 0.466. The van der Waals surface area contributed by atoms with Crippen molar-refractivity contribution in [3.8, 4) is 0 Å². The summed E-state index contributed by atoms with van der Waals surface area (Å²) in [6.07, 6.45) is 4.85. The Morgan fingerprint density at radius 2 is 2.27 bits per heavy atom. The third kappa shape index (κ3) is 4.76. The predicted octanol–water partition coefficient (Wildman–Crippen LogP) is 3.16. The molecule has 0 saturated heterocycles. The van der Waals surface area contributed by atoms with Crippen LogP contribution in [-0.2, 0) is 6.42 Å². The average molecular weight is 226 g/mol. The van der Waals surface area contributed by atoms with Crippen LogP contribution in [0.3, 0.4) is 0 Å². The van der Waals surface area contributed by atoms with Crippen molar-refractivity contribution < 1.29 is 0 Å². The summed E-state index contributed by atoms with van der Waals surface area (Å²) in [5.74, 6) is 0. The third-order valence-electron chi connectivity index (χ3n) is 2.57. The SMILES string of the molecule is CCCC(CC)NCCc1nc(C)cs1. The Labute approximate surface area is 97.1 Å². The quantitative estimate of drug-likeness (QED) is 0.772. The molecule has 3 heteroatoms. The molecule has 1 aromatic rings. The Bertz CT molecular complexity index is 270. The highest BCUT2D eigenvalue weighted by molar-refractivity contribution is 7.09. The van der Waals surface area contributed by atoms with Crippen LogP contribution in [0.2, 0.25) is 0 Å². The van der Waals surface area contributed by atoms with Crippen molar-refractivity contribution in [1.82, 2.24) is 10.3 Å². The van der Waals surface area contributed by atoms with Crippen molar-refractivity contribution in [2.75, 3.05) is 6.54 Å². The van der Waals surface area contributed by atoms with E-state index in [1.54, 1.807) is 11.3 Å². The molecule has 0 aliphatic rings. The first-order valence-electron chi connectivity index (χ1n) is 5.90. The lowest BCUT2D eigenvalue weighted by atomic mass is 10.1. The summed E-state index contributed by atoms with van der Waals surface area (Å²) in [6, 6.07) is 0.691. The van der Waals surface area contributed by atoms with Gasteiger partial charge in [0.15, 0.2) is 0 Å². The smallest absolute Gasteiger partial charge is 0.0940 e. The zero-order valence-electron chi connectivity index (χ0n) is 10.0. The zero-order valence-corrected chi connectivity index (χ0v) is 10.9. The van der Waals surface area contributed by atoms with Gasteiger partial charge in [0.05, 0.1) is 5.01 Å². The van der Waals surface area contributed by atoms with E-state index in [4.69, 9.17) is 0 Å². The van der Waals surface area contributed by atoms with E-state index in [0.29, 0.717) is 6.04 Å². The maximum atomic E-state index is 4.46. The van der Waals surface area contributed by atoms with Crippen molar-refractivity contribution in [3.63, 3.8) is 0 Å². The number of nitrogens with one attached hydrogen (secondary N) is 1. The number of thiazole rings is 1. The summed E-state index contributed by atoms with van der Waals surface area (Å²) >= 11 is 1.77. The molecule has 0 aliphatic heterocycles. The molecule has 1 atom stereocenters. The molecule has 15 heavy (non-hydrogen) atoms. The van der Waals surface area contributed by atoms with E-state index in [-0.39, 0.29) is 0 Å². The van der Waals surface area contributed by atoms with Gasteiger partial charge in [-0.25, -0.2) is 4.98 Å². The fourth-order valence-corrected chi connectivity index (χ4v) is 2.48. The number of hydrogen-bond donors (Lipinski definition) is 1. The second-order valence-corrected chi connectivity index (χ2v) is 4.92. The van der Waals surface area contributed by atoms with Crippen molar-refractivity contribution in [2.45, 2.75) is 52.5 Å². The molecule has 0 bridgehead atoms. The van der Waals surface area contributed by atoms with Crippen molar-refractivity contribution in [3.05, 3.63) is 16.1 Å². The molecular weight excluding hydrogens is 204 g/mol. The average Bonchev–Trinajstić information content (AvgIpc) is 2.63. The highest BCUT2D eigenvalue weighted by Gasteiger charge is 2.04. The topological polar surface area (TPSA) is 24.9 Å². The highest BCUT2D eigenvalue weighted by Crippen LogP contribution is 2.09. The van der Waals surface area contributed by atoms with Gasteiger partial charge in [0.2, 0.25) is 0 Å². The Kier molecular flexibility index (Phi) is 5.88. The number of aromatic nitrogens is 1. The fraction of sp³-hybridized carbons (Fsp3) is 0.750. The van der Waals surface area contributed by atoms with Gasteiger partial charge in [-0.3, -0.25) is 0 Å². The van der Waals surface area contributed by atoms with E-state index >= 15 is 0 Å². The molecule has 2 nitrogen and oxygen atoms in total. The summed E-state index contributed by atoms with van der Waals surface area (Å²) in [4.78, 5) is 4.46.